The minimum absolute atomic E-state index is 0.0244. The SMILES string of the molecule is O=C(Nc1ccc2c(c1)N(S(=O)(=O)c1cc(Cl)sc1Cl)CCC2)c1c(F)cccc1Cl. The molecule has 5 nitrogen and oxygen atoms in total. The second-order valence-corrected chi connectivity index (χ2v) is 11.3. The molecule has 2 heterocycles. The Balaban J connectivity index is 1.70. The monoisotopic (exact) mass is 518 g/mol. The summed E-state index contributed by atoms with van der Waals surface area (Å²) in [4.78, 5) is 12.5. The van der Waals surface area contributed by atoms with Gasteiger partial charge in [-0.1, -0.05) is 46.9 Å². The van der Waals surface area contributed by atoms with E-state index in [1.807, 2.05) is 0 Å². The molecule has 1 N–H and O–H groups in total. The fraction of sp³-hybridized carbons (Fsp3) is 0.150. The molecule has 0 atom stereocenters. The molecule has 11 heteroatoms. The normalized spacial score (nSPS) is 13.7. The Labute approximate surface area is 197 Å². The topological polar surface area (TPSA) is 66.5 Å². The molecule has 162 valence electrons. The molecule has 2 aromatic carbocycles. The van der Waals surface area contributed by atoms with Gasteiger partial charge in [0, 0.05) is 12.2 Å². The molecule has 1 aliphatic rings. The number of nitrogens with one attached hydrogen (secondary N) is 1. The van der Waals surface area contributed by atoms with E-state index in [4.69, 9.17) is 34.8 Å². The summed E-state index contributed by atoms with van der Waals surface area (Å²) >= 11 is 19.0. The van der Waals surface area contributed by atoms with Crippen molar-refractivity contribution in [3.63, 3.8) is 0 Å². The standard InChI is InChI=1S/C20H14Cl3FN2O3S2/c21-13-4-1-5-14(24)18(13)20(27)25-12-7-6-11-3-2-8-26(15(11)9-12)31(28,29)16-10-17(22)30-19(16)23/h1,4-7,9-10H,2-3,8H2,(H,25,27). The first-order chi connectivity index (χ1) is 14.7. The van der Waals surface area contributed by atoms with E-state index in [9.17, 15) is 17.6 Å². The largest absolute Gasteiger partial charge is 0.322 e. The van der Waals surface area contributed by atoms with Crippen molar-refractivity contribution in [1.82, 2.24) is 0 Å². The zero-order valence-corrected chi connectivity index (χ0v) is 19.6. The van der Waals surface area contributed by atoms with E-state index in [1.54, 1.807) is 18.2 Å². The van der Waals surface area contributed by atoms with Gasteiger partial charge in [0.15, 0.2) is 0 Å². The van der Waals surface area contributed by atoms with Crippen LogP contribution in [0.3, 0.4) is 0 Å². The van der Waals surface area contributed by atoms with Crippen molar-refractivity contribution in [3.8, 4) is 0 Å². The Morgan fingerprint density at radius 3 is 2.58 bits per heavy atom. The number of aryl methyl sites for hydroxylation is 1. The first-order valence-electron chi connectivity index (χ1n) is 9.04. The summed E-state index contributed by atoms with van der Waals surface area (Å²) in [7, 11) is -3.96. The van der Waals surface area contributed by atoms with Gasteiger partial charge in [-0.15, -0.1) is 11.3 Å². The first-order valence-corrected chi connectivity index (χ1v) is 12.4. The quantitative estimate of drug-likeness (QED) is 0.444. The van der Waals surface area contributed by atoms with E-state index >= 15 is 0 Å². The predicted octanol–water partition coefficient (Wildman–Crippen LogP) is 6.24. The molecule has 0 radical (unpaired) electrons. The molecule has 1 aromatic heterocycles. The third kappa shape index (κ3) is 4.27. The Morgan fingerprint density at radius 2 is 1.90 bits per heavy atom. The number of sulfonamides is 1. The van der Waals surface area contributed by atoms with Gasteiger partial charge in [0.2, 0.25) is 0 Å². The van der Waals surface area contributed by atoms with Crippen molar-refractivity contribution in [2.45, 2.75) is 17.7 Å². The lowest BCUT2D eigenvalue weighted by Gasteiger charge is -2.30. The average Bonchev–Trinajstić information content (AvgIpc) is 3.06. The minimum atomic E-state index is -3.96. The van der Waals surface area contributed by atoms with Gasteiger partial charge in [0.25, 0.3) is 15.9 Å². The number of rotatable bonds is 4. The summed E-state index contributed by atoms with van der Waals surface area (Å²) in [5, 5.41) is 2.56. The number of hydrogen-bond acceptors (Lipinski definition) is 4. The summed E-state index contributed by atoms with van der Waals surface area (Å²) in [6.45, 7) is 0.246. The fourth-order valence-electron chi connectivity index (χ4n) is 3.40. The zero-order valence-electron chi connectivity index (χ0n) is 15.7. The second kappa shape index (κ2) is 8.60. The number of benzene rings is 2. The maximum absolute atomic E-state index is 14.1. The third-order valence-electron chi connectivity index (χ3n) is 4.80. The highest BCUT2D eigenvalue weighted by Gasteiger charge is 2.32. The number of carbonyl (C=O) groups excluding carboxylic acids is 1. The van der Waals surface area contributed by atoms with E-state index in [1.165, 1.54) is 22.5 Å². The van der Waals surface area contributed by atoms with Crippen molar-refractivity contribution in [2.24, 2.45) is 0 Å². The Hall–Kier alpha value is -1.84. The van der Waals surface area contributed by atoms with E-state index in [2.05, 4.69) is 5.32 Å². The van der Waals surface area contributed by atoms with Crippen molar-refractivity contribution >= 4 is 73.4 Å². The van der Waals surface area contributed by atoms with Crippen LogP contribution in [-0.4, -0.2) is 20.9 Å². The highest BCUT2D eigenvalue weighted by Crippen LogP contribution is 2.40. The number of thiophene rings is 1. The molecule has 3 aromatic rings. The third-order valence-corrected chi connectivity index (χ3v) is 8.68. The van der Waals surface area contributed by atoms with Gasteiger partial charge >= 0.3 is 0 Å². The summed E-state index contributed by atoms with van der Waals surface area (Å²) < 4.78 is 42.2. The van der Waals surface area contributed by atoms with Crippen molar-refractivity contribution in [3.05, 3.63) is 73.1 Å². The lowest BCUT2D eigenvalue weighted by molar-refractivity contribution is 0.102. The lowest BCUT2D eigenvalue weighted by atomic mass is 10.0. The van der Waals surface area contributed by atoms with Gasteiger partial charge in [-0.25, -0.2) is 12.8 Å². The number of hydrogen-bond donors (Lipinski definition) is 1. The van der Waals surface area contributed by atoms with Crippen LogP contribution < -0.4 is 9.62 Å². The molecular formula is C20H14Cl3FN2O3S2. The van der Waals surface area contributed by atoms with Crippen LogP contribution in [0.4, 0.5) is 15.8 Å². The van der Waals surface area contributed by atoms with E-state index < -0.39 is 21.7 Å². The molecule has 1 amide bonds. The van der Waals surface area contributed by atoms with Gasteiger partial charge in [-0.3, -0.25) is 9.10 Å². The molecule has 0 saturated heterocycles. The maximum atomic E-state index is 14.1. The molecule has 0 fully saturated rings. The number of nitrogens with zero attached hydrogens (tertiary/aromatic N) is 1. The lowest BCUT2D eigenvalue weighted by Crippen LogP contribution is -2.35. The van der Waals surface area contributed by atoms with E-state index in [-0.39, 0.29) is 30.7 Å². The average molecular weight is 520 g/mol. The van der Waals surface area contributed by atoms with Crippen LogP contribution in [-0.2, 0) is 16.4 Å². The van der Waals surface area contributed by atoms with Crippen molar-refractivity contribution < 1.29 is 17.6 Å². The Kier molecular flexibility index (Phi) is 6.20. The molecule has 4 rings (SSSR count). The molecule has 31 heavy (non-hydrogen) atoms. The first kappa shape index (κ1) is 22.4. The van der Waals surface area contributed by atoms with Crippen LogP contribution in [0.15, 0.2) is 47.4 Å². The van der Waals surface area contributed by atoms with E-state index in [0.717, 1.165) is 23.0 Å². The van der Waals surface area contributed by atoms with Crippen molar-refractivity contribution in [2.75, 3.05) is 16.2 Å². The van der Waals surface area contributed by atoms with Crippen LogP contribution in [0.1, 0.15) is 22.3 Å². The molecule has 0 bridgehead atoms. The van der Waals surface area contributed by atoms with Crippen LogP contribution in [0.25, 0.3) is 0 Å². The number of halogens is 4. The molecule has 1 aliphatic heterocycles. The summed E-state index contributed by atoms with van der Waals surface area (Å²) in [5.74, 6) is -1.49. The highest BCUT2D eigenvalue weighted by molar-refractivity contribution is 7.93. The summed E-state index contributed by atoms with van der Waals surface area (Å²) in [6, 6.07) is 10.2. The number of amides is 1. The number of carbonyl (C=O) groups is 1. The molecular weight excluding hydrogens is 506 g/mol. The van der Waals surface area contributed by atoms with Crippen LogP contribution >= 0.6 is 46.1 Å². The summed E-state index contributed by atoms with van der Waals surface area (Å²) in [5.41, 5.74) is 1.24. The smallest absolute Gasteiger partial charge is 0.266 e. The van der Waals surface area contributed by atoms with E-state index in [0.29, 0.717) is 24.2 Å². The number of anilines is 2. The van der Waals surface area contributed by atoms with Gasteiger partial charge in [-0.05, 0) is 48.7 Å². The molecule has 0 unspecified atom stereocenters. The summed E-state index contributed by atoms with van der Waals surface area (Å²) in [6.07, 6.45) is 1.30. The van der Waals surface area contributed by atoms with Gasteiger partial charge < -0.3 is 5.32 Å². The second-order valence-electron chi connectivity index (χ2n) is 6.76. The number of fused-ring (bicyclic) bond motifs is 1. The zero-order chi connectivity index (χ0) is 22.3. The maximum Gasteiger partial charge on any atom is 0.266 e. The predicted molar refractivity (Wildman–Crippen MR) is 123 cm³/mol. The minimum Gasteiger partial charge on any atom is -0.322 e. The molecule has 0 spiro atoms. The van der Waals surface area contributed by atoms with Crippen LogP contribution in [0.2, 0.25) is 13.7 Å². The fourth-order valence-corrected chi connectivity index (χ4v) is 7.29. The highest BCUT2D eigenvalue weighted by atomic mass is 35.5. The molecule has 0 aliphatic carbocycles. The van der Waals surface area contributed by atoms with Crippen LogP contribution in [0.5, 0.6) is 0 Å². The Morgan fingerprint density at radius 1 is 1.13 bits per heavy atom. The van der Waals surface area contributed by atoms with Gasteiger partial charge in [0.05, 0.1) is 20.6 Å². The van der Waals surface area contributed by atoms with Crippen molar-refractivity contribution in [1.29, 1.82) is 0 Å². The van der Waals surface area contributed by atoms with Gasteiger partial charge in [-0.2, -0.15) is 0 Å². The van der Waals surface area contributed by atoms with Crippen LogP contribution in [0, 0.1) is 5.82 Å². The Bertz CT molecular complexity index is 1270. The molecule has 0 saturated carbocycles. The van der Waals surface area contributed by atoms with Gasteiger partial charge in [0.1, 0.15) is 15.0 Å².